The third-order valence-electron chi connectivity index (χ3n) is 2.19. The van der Waals surface area contributed by atoms with Crippen LogP contribution in [-0.4, -0.2) is 11.7 Å². The van der Waals surface area contributed by atoms with Gasteiger partial charge in [0.25, 0.3) is 0 Å². The van der Waals surface area contributed by atoms with Crippen LogP contribution in [0.1, 0.15) is 41.5 Å². The van der Waals surface area contributed by atoms with E-state index in [1.54, 1.807) is 0 Å². The van der Waals surface area contributed by atoms with Crippen molar-refractivity contribution < 1.29 is 5.11 Å². The van der Waals surface area contributed by atoms with E-state index in [-0.39, 0.29) is 12.0 Å². The summed E-state index contributed by atoms with van der Waals surface area (Å²) in [6.07, 6.45) is 5.81. The second-order valence-electron chi connectivity index (χ2n) is 5.25. The molecule has 0 aliphatic carbocycles. The molecule has 0 spiro atoms. The van der Waals surface area contributed by atoms with Crippen LogP contribution >= 0.6 is 0 Å². The fourth-order valence-corrected chi connectivity index (χ4v) is 1.45. The molecule has 0 radical (unpaired) electrons. The zero-order valence-corrected chi connectivity index (χ0v) is 11.4. The summed E-state index contributed by atoms with van der Waals surface area (Å²) < 4.78 is 0. The standard InChI is InChI=1S/C15H24O/c1-12(2)8-7-9-14(15(4,5)6)13(3)10-11-16/h7-8,10,16H,11H2,1-6H3/b13-10-. The van der Waals surface area contributed by atoms with E-state index in [1.807, 2.05) is 25.2 Å². The highest BCUT2D eigenvalue weighted by atomic mass is 16.2. The Morgan fingerprint density at radius 3 is 2.12 bits per heavy atom. The van der Waals surface area contributed by atoms with E-state index >= 15 is 0 Å². The van der Waals surface area contributed by atoms with Crippen LogP contribution in [0.3, 0.4) is 0 Å². The predicted molar refractivity (Wildman–Crippen MR) is 71.3 cm³/mol. The van der Waals surface area contributed by atoms with Crippen LogP contribution < -0.4 is 0 Å². The molecule has 0 saturated carbocycles. The molecular formula is C15H24O. The Kier molecular flexibility index (Phi) is 6.10. The lowest BCUT2D eigenvalue weighted by Gasteiger charge is -2.21. The van der Waals surface area contributed by atoms with Gasteiger partial charge < -0.3 is 5.11 Å². The Labute approximate surface area is 99.9 Å². The van der Waals surface area contributed by atoms with E-state index in [0.29, 0.717) is 0 Å². The van der Waals surface area contributed by atoms with E-state index in [9.17, 15) is 0 Å². The Morgan fingerprint density at radius 1 is 1.19 bits per heavy atom. The largest absolute Gasteiger partial charge is 0.392 e. The predicted octanol–water partition coefficient (Wildman–Crippen LogP) is 4.02. The molecule has 1 N–H and O–H groups in total. The fourth-order valence-electron chi connectivity index (χ4n) is 1.45. The molecule has 1 nitrogen and oxygen atoms in total. The van der Waals surface area contributed by atoms with E-state index in [0.717, 1.165) is 11.1 Å². The lowest BCUT2D eigenvalue weighted by Crippen LogP contribution is -2.10. The van der Waals surface area contributed by atoms with Crippen LogP contribution in [0, 0.1) is 5.41 Å². The van der Waals surface area contributed by atoms with Crippen molar-refractivity contribution in [1.29, 1.82) is 0 Å². The minimum Gasteiger partial charge on any atom is -0.392 e. The van der Waals surface area contributed by atoms with Gasteiger partial charge in [0.1, 0.15) is 0 Å². The van der Waals surface area contributed by atoms with E-state index in [1.165, 1.54) is 5.57 Å². The lowest BCUT2D eigenvalue weighted by atomic mass is 9.82. The molecule has 0 atom stereocenters. The SMILES string of the molecule is CC(C)=CC=C=C(/C(C)=C\CO)C(C)(C)C. The molecule has 0 rings (SSSR count). The first-order valence-corrected chi connectivity index (χ1v) is 5.67. The number of hydrogen-bond acceptors (Lipinski definition) is 1. The summed E-state index contributed by atoms with van der Waals surface area (Å²) in [6.45, 7) is 12.7. The maximum Gasteiger partial charge on any atom is 0.0618 e. The molecule has 0 amide bonds. The quantitative estimate of drug-likeness (QED) is 0.562. The van der Waals surface area contributed by atoms with Crippen LogP contribution in [0.5, 0.6) is 0 Å². The van der Waals surface area contributed by atoms with E-state index < -0.39 is 0 Å². The van der Waals surface area contributed by atoms with Crippen molar-refractivity contribution in [3.8, 4) is 0 Å². The average Bonchev–Trinajstić information content (AvgIpc) is 2.10. The van der Waals surface area contributed by atoms with Gasteiger partial charge in [0.05, 0.1) is 6.61 Å². The zero-order valence-electron chi connectivity index (χ0n) is 11.4. The third-order valence-corrected chi connectivity index (χ3v) is 2.19. The van der Waals surface area contributed by atoms with Crippen LogP contribution in [0.15, 0.2) is 40.7 Å². The highest BCUT2D eigenvalue weighted by Crippen LogP contribution is 2.29. The second kappa shape index (κ2) is 6.52. The van der Waals surface area contributed by atoms with Gasteiger partial charge in [0.15, 0.2) is 0 Å². The first-order chi connectivity index (χ1) is 7.29. The van der Waals surface area contributed by atoms with Crippen LogP contribution in [0.4, 0.5) is 0 Å². The molecule has 90 valence electrons. The molecule has 1 heteroatoms. The number of aliphatic hydroxyl groups excluding tert-OH is 1. The maximum atomic E-state index is 8.93. The number of rotatable bonds is 3. The highest BCUT2D eigenvalue weighted by Gasteiger charge is 2.17. The minimum atomic E-state index is 0.0434. The maximum absolute atomic E-state index is 8.93. The van der Waals surface area contributed by atoms with Gasteiger partial charge in [0, 0.05) is 5.57 Å². The molecule has 0 bridgehead atoms. The molecule has 0 heterocycles. The highest BCUT2D eigenvalue weighted by molar-refractivity contribution is 5.34. The third kappa shape index (κ3) is 5.75. The van der Waals surface area contributed by atoms with Gasteiger partial charge in [-0.2, -0.15) is 0 Å². The summed E-state index contributed by atoms with van der Waals surface area (Å²) in [7, 11) is 0. The van der Waals surface area contributed by atoms with Crippen LogP contribution in [0.25, 0.3) is 0 Å². The first-order valence-electron chi connectivity index (χ1n) is 5.67. The monoisotopic (exact) mass is 220 g/mol. The van der Waals surface area contributed by atoms with Gasteiger partial charge in [-0.3, -0.25) is 0 Å². The molecule has 0 unspecified atom stereocenters. The van der Waals surface area contributed by atoms with Crippen molar-refractivity contribution in [2.45, 2.75) is 41.5 Å². The summed E-state index contributed by atoms with van der Waals surface area (Å²) in [4.78, 5) is 0. The Balaban J connectivity index is 5.36. The van der Waals surface area contributed by atoms with Crippen molar-refractivity contribution in [2.75, 3.05) is 6.61 Å². The molecule has 0 aliphatic rings. The summed E-state index contributed by atoms with van der Waals surface area (Å²) in [6, 6.07) is 0. The number of allylic oxidation sites excluding steroid dienone is 4. The van der Waals surface area contributed by atoms with Crippen molar-refractivity contribution in [3.63, 3.8) is 0 Å². The smallest absolute Gasteiger partial charge is 0.0618 e. The van der Waals surface area contributed by atoms with Gasteiger partial charge in [0.2, 0.25) is 0 Å². The molecule has 0 aromatic heterocycles. The van der Waals surface area contributed by atoms with E-state index in [2.05, 4.69) is 40.3 Å². The molecule has 0 saturated heterocycles. The molecular weight excluding hydrogens is 196 g/mol. The van der Waals surface area contributed by atoms with E-state index in [4.69, 9.17) is 5.11 Å². The zero-order chi connectivity index (χ0) is 12.8. The van der Waals surface area contributed by atoms with Crippen molar-refractivity contribution >= 4 is 0 Å². The van der Waals surface area contributed by atoms with Gasteiger partial charge in [-0.05, 0) is 37.8 Å². The Morgan fingerprint density at radius 2 is 1.75 bits per heavy atom. The summed E-state index contributed by atoms with van der Waals surface area (Å²) in [5.74, 6) is 0. The topological polar surface area (TPSA) is 20.2 Å². The molecule has 0 fully saturated rings. The minimum absolute atomic E-state index is 0.0434. The summed E-state index contributed by atoms with van der Waals surface area (Å²) in [5.41, 5.74) is 6.84. The van der Waals surface area contributed by atoms with Crippen molar-refractivity contribution in [3.05, 3.63) is 40.7 Å². The normalized spacial score (nSPS) is 11.8. The number of hydrogen-bond donors (Lipinski definition) is 1. The molecule has 0 aromatic rings. The Bertz CT molecular complexity index is 338. The average molecular weight is 220 g/mol. The summed E-state index contributed by atoms with van der Waals surface area (Å²) >= 11 is 0. The lowest BCUT2D eigenvalue weighted by molar-refractivity contribution is 0.341. The second-order valence-corrected chi connectivity index (χ2v) is 5.25. The van der Waals surface area contributed by atoms with Gasteiger partial charge in [-0.15, -0.1) is 5.73 Å². The van der Waals surface area contributed by atoms with Crippen LogP contribution in [-0.2, 0) is 0 Å². The van der Waals surface area contributed by atoms with Crippen molar-refractivity contribution in [1.82, 2.24) is 0 Å². The van der Waals surface area contributed by atoms with Gasteiger partial charge >= 0.3 is 0 Å². The first kappa shape index (κ1) is 15.0. The van der Waals surface area contributed by atoms with Crippen molar-refractivity contribution in [2.24, 2.45) is 5.41 Å². The Hall–Kier alpha value is -1.04. The van der Waals surface area contributed by atoms with Gasteiger partial charge in [-0.25, -0.2) is 0 Å². The fraction of sp³-hybridized carbons (Fsp3) is 0.533. The molecule has 0 aromatic carbocycles. The molecule has 0 aliphatic heterocycles. The summed E-state index contributed by atoms with van der Waals surface area (Å²) in [5, 5.41) is 8.93. The number of aliphatic hydroxyl groups is 1. The molecule has 16 heavy (non-hydrogen) atoms. The van der Waals surface area contributed by atoms with Gasteiger partial charge in [-0.1, -0.05) is 38.5 Å². The van der Waals surface area contributed by atoms with Crippen LogP contribution in [0.2, 0.25) is 0 Å².